The van der Waals surface area contributed by atoms with Gasteiger partial charge < -0.3 is 4.90 Å². The zero-order valence-corrected chi connectivity index (χ0v) is 15.0. The van der Waals surface area contributed by atoms with Crippen LogP contribution in [0.4, 0.5) is 10.1 Å². The van der Waals surface area contributed by atoms with Gasteiger partial charge in [-0.05, 0) is 24.6 Å². The summed E-state index contributed by atoms with van der Waals surface area (Å²) in [5.41, 5.74) is -0.229. The summed E-state index contributed by atoms with van der Waals surface area (Å²) in [6, 6.07) is 4.72. The van der Waals surface area contributed by atoms with E-state index in [0.717, 1.165) is 16.6 Å². The molecule has 1 amide bonds. The van der Waals surface area contributed by atoms with Crippen LogP contribution in [0, 0.1) is 5.82 Å². The van der Waals surface area contributed by atoms with Gasteiger partial charge in [-0.2, -0.15) is 4.31 Å². The van der Waals surface area contributed by atoms with Crippen molar-refractivity contribution < 1.29 is 17.6 Å². The first-order valence-electron chi connectivity index (χ1n) is 7.78. The topological polar surface area (TPSA) is 92.6 Å². The minimum Gasteiger partial charge on any atom is -0.308 e. The Morgan fingerprint density at radius 1 is 1.31 bits per heavy atom. The van der Waals surface area contributed by atoms with Crippen LogP contribution >= 0.6 is 0 Å². The van der Waals surface area contributed by atoms with Crippen molar-refractivity contribution in [3.63, 3.8) is 0 Å². The van der Waals surface area contributed by atoms with Gasteiger partial charge in [0.1, 0.15) is 11.9 Å². The minimum atomic E-state index is -3.54. The van der Waals surface area contributed by atoms with E-state index in [1.54, 1.807) is 6.07 Å². The standard InChI is InChI=1S/C16H17FN4O4S/c1-19(26(2,24)25)14-6-9-21(15(14)22)13-5-4-11(10-12(13)17)20-8-3-7-18-16(20)23/h3-5,7-8,10,14H,6,9H2,1-2H3. The Bertz CT molecular complexity index is 1020. The molecular weight excluding hydrogens is 363 g/mol. The Morgan fingerprint density at radius 2 is 2.04 bits per heavy atom. The van der Waals surface area contributed by atoms with Crippen LogP contribution in [0.15, 0.2) is 41.5 Å². The zero-order chi connectivity index (χ0) is 19.1. The summed E-state index contributed by atoms with van der Waals surface area (Å²) in [7, 11) is -2.21. The maximum atomic E-state index is 14.6. The molecule has 0 radical (unpaired) electrons. The van der Waals surface area contributed by atoms with E-state index in [9.17, 15) is 22.4 Å². The number of anilines is 1. The van der Waals surface area contributed by atoms with Gasteiger partial charge in [0, 0.05) is 32.1 Å². The van der Waals surface area contributed by atoms with Crippen LogP contribution in [0.25, 0.3) is 5.69 Å². The molecule has 0 spiro atoms. The molecule has 1 aromatic heterocycles. The molecular formula is C16H17FN4O4S. The molecule has 2 aromatic rings. The molecule has 138 valence electrons. The fourth-order valence-electron chi connectivity index (χ4n) is 2.89. The summed E-state index contributed by atoms with van der Waals surface area (Å²) in [6.45, 7) is 0.201. The van der Waals surface area contributed by atoms with Gasteiger partial charge in [-0.3, -0.25) is 9.36 Å². The van der Waals surface area contributed by atoms with Gasteiger partial charge in [-0.15, -0.1) is 0 Å². The third-order valence-electron chi connectivity index (χ3n) is 4.35. The van der Waals surface area contributed by atoms with E-state index in [0.29, 0.717) is 0 Å². The van der Waals surface area contributed by atoms with Crippen molar-refractivity contribution in [2.45, 2.75) is 12.5 Å². The largest absolute Gasteiger partial charge is 0.352 e. The summed E-state index contributed by atoms with van der Waals surface area (Å²) in [4.78, 5) is 29.1. The second kappa shape index (κ2) is 6.61. The van der Waals surface area contributed by atoms with Crippen LogP contribution in [-0.2, 0) is 14.8 Å². The molecule has 2 heterocycles. The maximum Gasteiger partial charge on any atom is 0.352 e. The number of likely N-dealkylation sites (N-methyl/N-ethyl adjacent to an activating group) is 1. The van der Waals surface area contributed by atoms with E-state index in [1.807, 2.05) is 0 Å². The van der Waals surface area contributed by atoms with Crippen LogP contribution < -0.4 is 10.6 Å². The molecule has 1 aromatic carbocycles. The van der Waals surface area contributed by atoms with Crippen molar-refractivity contribution in [2.75, 3.05) is 24.7 Å². The molecule has 1 unspecified atom stereocenters. The quantitative estimate of drug-likeness (QED) is 0.764. The van der Waals surface area contributed by atoms with Crippen molar-refractivity contribution in [1.82, 2.24) is 13.9 Å². The highest BCUT2D eigenvalue weighted by atomic mass is 32.2. The minimum absolute atomic E-state index is 0.0418. The lowest BCUT2D eigenvalue weighted by atomic mass is 10.2. The van der Waals surface area contributed by atoms with Gasteiger partial charge in [-0.25, -0.2) is 22.6 Å². The maximum absolute atomic E-state index is 14.6. The van der Waals surface area contributed by atoms with E-state index in [4.69, 9.17) is 0 Å². The monoisotopic (exact) mass is 380 g/mol. The highest BCUT2D eigenvalue weighted by Gasteiger charge is 2.39. The third kappa shape index (κ3) is 3.25. The number of aromatic nitrogens is 2. The second-order valence-electron chi connectivity index (χ2n) is 5.98. The van der Waals surface area contributed by atoms with Crippen LogP contribution in [0.1, 0.15) is 6.42 Å². The molecule has 0 N–H and O–H groups in total. The molecule has 1 atom stereocenters. The fourth-order valence-corrected chi connectivity index (χ4v) is 3.55. The Balaban J connectivity index is 1.91. The smallest absolute Gasteiger partial charge is 0.308 e. The number of carbonyl (C=O) groups excluding carboxylic acids is 1. The molecule has 10 heteroatoms. The summed E-state index contributed by atoms with van der Waals surface area (Å²) < 4.78 is 40.1. The SMILES string of the molecule is CN(C1CCN(c2ccc(-n3cccnc3=O)cc2F)C1=O)S(C)(=O)=O. The summed E-state index contributed by atoms with van der Waals surface area (Å²) in [5, 5.41) is 0. The number of halogens is 1. The number of amides is 1. The normalized spacial score (nSPS) is 17.9. The second-order valence-corrected chi connectivity index (χ2v) is 8.02. The number of nitrogens with zero attached hydrogens (tertiary/aromatic N) is 4. The number of benzene rings is 1. The van der Waals surface area contributed by atoms with Gasteiger partial charge in [0.2, 0.25) is 15.9 Å². The van der Waals surface area contributed by atoms with Crippen LogP contribution in [-0.4, -0.2) is 54.1 Å². The van der Waals surface area contributed by atoms with Gasteiger partial charge in [0.15, 0.2) is 0 Å². The highest BCUT2D eigenvalue weighted by molar-refractivity contribution is 7.88. The lowest BCUT2D eigenvalue weighted by Gasteiger charge is -2.22. The van der Waals surface area contributed by atoms with Gasteiger partial charge in [0.05, 0.1) is 17.6 Å². The summed E-state index contributed by atoms with van der Waals surface area (Å²) in [6.07, 6.45) is 4.09. The van der Waals surface area contributed by atoms with Crippen molar-refractivity contribution in [3.8, 4) is 5.69 Å². The van der Waals surface area contributed by atoms with Crippen molar-refractivity contribution in [1.29, 1.82) is 0 Å². The third-order valence-corrected chi connectivity index (χ3v) is 5.65. The number of hydrogen-bond acceptors (Lipinski definition) is 5. The lowest BCUT2D eigenvalue weighted by molar-refractivity contribution is -0.120. The fraction of sp³-hybridized carbons (Fsp3) is 0.312. The molecule has 1 saturated heterocycles. The Morgan fingerprint density at radius 3 is 2.65 bits per heavy atom. The number of rotatable bonds is 4. The average Bonchev–Trinajstić information content (AvgIpc) is 2.95. The van der Waals surface area contributed by atoms with E-state index in [-0.39, 0.29) is 24.3 Å². The predicted molar refractivity (Wildman–Crippen MR) is 93.2 cm³/mol. The zero-order valence-electron chi connectivity index (χ0n) is 14.2. The molecule has 3 rings (SSSR count). The van der Waals surface area contributed by atoms with E-state index >= 15 is 0 Å². The molecule has 1 aliphatic heterocycles. The molecule has 0 bridgehead atoms. The Labute approximate surface area is 149 Å². The average molecular weight is 380 g/mol. The van der Waals surface area contributed by atoms with Gasteiger partial charge >= 0.3 is 5.69 Å². The molecule has 0 saturated carbocycles. The van der Waals surface area contributed by atoms with Crippen LogP contribution in [0.3, 0.4) is 0 Å². The van der Waals surface area contributed by atoms with Crippen molar-refractivity contribution >= 4 is 21.6 Å². The summed E-state index contributed by atoms with van der Waals surface area (Å²) >= 11 is 0. The van der Waals surface area contributed by atoms with E-state index in [2.05, 4.69) is 4.98 Å². The van der Waals surface area contributed by atoms with Crippen LogP contribution in [0.2, 0.25) is 0 Å². The first-order valence-corrected chi connectivity index (χ1v) is 9.63. The molecule has 8 nitrogen and oxygen atoms in total. The molecule has 26 heavy (non-hydrogen) atoms. The van der Waals surface area contributed by atoms with E-state index < -0.39 is 33.5 Å². The van der Waals surface area contributed by atoms with Crippen molar-refractivity contribution in [3.05, 3.63) is 53.0 Å². The first-order chi connectivity index (χ1) is 12.2. The van der Waals surface area contributed by atoms with E-state index in [1.165, 1.54) is 41.0 Å². The molecule has 0 aliphatic carbocycles. The van der Waals surface area contributed by atoms with Crippen molar-refractivity contribution in [2.24, 2.45) is 0 Å². The number of hydrogen-bond donors (Lipinski definition) is 0. The Hall–Kier alpha value is -2.59. The van der Waals surface area contributed by atoms with Crippen LogP contribution in [0.5, 0.6) is 0 Å². The van der Waals surface area contributed by atoms with Gasteiger partial charge in [0.25, 0.3) is 0 Å². The number of carbonyl (C=O) groups is 1. The van der Waals surface area contributed by atoms with Gasteiger partial charge in [-0.1, -0.05) is 0 Å². The first kappa shape index (κ1) is 18.2. The molecule has 1 aliphatic rings. The lowest BCUT2D eigenvalue weighted by Crippen LogP contribution is -2.42. The molecule has 1 fully saturated rings. The summed E-state index contributed by atoms with van der Waals surface area (Å²) in [5.74, 6) is -1.17. The Kier molecular flexibility index (Phi) is 4.63. The highest BCUT2D eigenvalue weighted by Crippen LogP contribution is 2.28. The predicted octanol–water partition coefficient (Wildman–Crippen LogP) is 0.368. The number of sulfonamides is 1.